The molecular weight excluding hydrogens is 256 g/mol. The molecule has 19 heavy (non-hydrogen) atoms. The molecule has 0 aromatic heterocycles. The highest BCUT2D eigenvalue weighted by Gasteiger charge is 2.06. The summed E-state index contributed by atoms with van der Waals surface area (Å²) in [4.78, 5) is 0. The molecule has 6 heteroatoms. The Morgan fingerprint density at radius 3 is 2.37 bits per heavy atom. The van der Waals surface area contributed by atoms with Gasteiger partial charge < -0.3 is 19.9 Å². The van der Waals surface area contributed by atoms with E-state index in [0.29, 0.717) is 12.2 Å². The normalized spacial score (nSPS) is 12.8. The lowest BCUT2D eigenvalue weighted by molar-refractivity contribution is -0.0498. The SMILES string of the molecule is CC(C)OCC(O)CNc1ccc(OC(F)F)cc1. The molecule has 0 bridgehead atoms. The Morgan fingerprint density at radius 2 is 1.84 bits per heavy atom. The summed E-state index contributed by atoms with van der Waals surface area (Å²) in [5.41, 5.74) is 0.713. The summed E-state index contributed by atoms with van der Waals surface area (Å²) < 4.78 is 33.4. The van der Waals surface area contributed by atoms with E-state index in [1.807, 2.05) is 13.8 Å². The van der Waals surface area contributed by atoms with Gasteiger partial charge in [-0.2, -0.15) is 8.78 Å². The van der Waals surface area contributed by atoms with Crippen molar-refractivity contribution < 1.29 is 23.4 Å². The lowest BCUT2D eigenvalue weighted by atomic mass is 10.3. The fourth-order valence-electron chi connectivity index (χ4n) is 1.35. The summed E-state index contributed by atoms with van der Waals surface area (Å²) in [7, 11) is 0. The van der Waals surface area contributed by atoms with Gasteiger partial charge in [-0.25, -0.2) is 0 Å². The van der Waals surface area contributed by atoms with Crippen molar-refractivity contribution in [3.05, 3.63) is 24.3 Å². The minimum atomic E-state index is -2.83. The molecule has 1 aromatic carbocycles. The van der Waals surface area contributed by atoms with Crippen LogP contribution >= 0.6 is 0 Å². The first-order valence-corrected chi connectivity index (χ1v) is 6.05. The summed E-state index contributed by atoms with van der Waals surface area (Å²) in [6, 6.07) is 6.08. The van der Waals surface area contributed by atoms with Gasteiger partial charge in [0.1, 0.15) is 5.75 Å². The highest BCUT2D eigenvalue weighted by molar-refractivity contribution is 5.46. The molecule has 0 aliphatic rings. The number of rotatable bonds is 8. The number of hydrogen-bond acceptors (Lipinski definition) is 4. The van der Waals surface area contributed by atoms with E-state index in [1.165, 1.54) is 12.1 Å². The van der Waals surface area contributed by atoms with Crippen LogP contribution in [0.1, 0.15) is 13.8 Å². The number of hydrogen-bond donors (Lipinski definition) is 2. The third-order valence-electron chi connectivity index (χ3n) is 2.24. The number of ether oxygens (including phenoxy) is 2. The van der Waals surface area contributed by atoms with Crippen LogP contribution < -0.4 is 10.1 Å². The lowest BCUT2D eigenvalue weighted by Gasteiger charge is -2.15. The van der Waals surface area contributed by atoms with E-state index < -0.39 is 12.7 Å². The van der Waals surface area contributed by atoms with E-state index in [-0.39, 0.29) is 18.5 Å². The summed E-state index contributed by atoms with van der Waals surface area (Å²) >= 11 is 0. The Bertz CT molecular complexity index is 357. The van der Waals surface area contributed by atoms with Gasteiger partial charge in [0, 0.05) is 12.2 Å². The fraction of sp³-hybridized carbons (Fsp3) is 0.538. The predicted molar refractivity (Wildman–Crippen MR) is 68.7 cm³/mol. The molecule has 0 spiro atoms. The van der Waals surface area contributed by atoms with E-state index in [9.17, 15) is 13.9 Å². The quantitative estimate of drug-likeness (QED) is 0.765. The van der Waals surface area contributed by atoms with Crippen LogP contribution in [-0.2, 0) is 4.74 Å². The molecule has 0 heterocycles. The molecule has 2 N–H and O–H groups in total. The first-order valence-electron chi connectivity index (χ1n) is 6.05. The van der Waals surface area contributed by atoms with Crippen molar-refractivity contribution in [3.63, 3.8) is 0 Å². The Kier molecular flexibility index (Phi) is 6.52. The van der Waals surface area contributed by atoms with Crippen molar-refractivity contribution in [2.45, 2.75) is 32.7 Å². The molecule has 0 aliphatic heterocycles. The molecule has 0 aliphatic carbocycles. The molecule has 4 nitrogen and oxygen atoms in total. The Labute approximate surface area is 111 Å². The maximum Gasteiger partial charge on any atom is 0.387 e. The molecule has 1 unspecified atom stereocenters. The first kappa shape index (κ1) is 15.7. The van der Waals surface area contributed by atoms with Crippen LogP contribution in [0, 0.1) is 0 Å². The van der Waals surface area contributed by atoms with Crippen molar-refractivity contribution in [3.8, 4) is 5.75 Å². The van der Waals surface area contributed by atoms with Gasteiger partial charge in [0.15, 0.2) is 0 Å². The van der Waals surface area contributed by atoms with Crippen LogP contribution in [0.4, 0.5) is 14.5 Å². The van der Waals surface area contributed by atoms with E-state index >= 15 is 0 Å². The van der Waals surface area contributed by atoms with Crippen molar-refractivity contribution in [2.75, 3.05) is 18.5 Å². The zero-order valence-corrected chi connectivity index (χ0v) is 11.0. The molecule has 1 rings (SSSR count). The van der Waals surface area contributed by atoms with Crippen LogP contribution in [0.5, 0.6) is 5.75 Å². The first-order chi connectivity index (χ1) is 8.97. The maximum absolute atomic E-state index is 11.9. The van der Waals surface area contributed by atoms with Crippen molar-refractivity contribution in [1.82, 2.24) is 0 Å². The molecule has 1 atom stereocenters. The molecule has 0 radical (unpaired) electrons. The average molecular weight is 275 g/mol. The van der Waals surface area contributed by atoms with Crippen molar-refractivity contribution in [2.24, 2.45) is 0 Å². The lowest BCUT2D eigenvalue weighted by Crippen LogP contribution is -2.26. The van der Waals surface area contributed by atoms with E-state index in [2.05, 4.69) is 10.1 Å². The topological polar surface area (TPSA) is 50.7 Å². The monoisotopic (exact) mass is 275 g/mol. The van der Waals surface area contributed by atoms with Crippen LogP contribution in [0.3, 0.4) is 0 Å². The van der Waals surface area contributed by atoms with Crippen molar-refractivity contribution >= 4 is 5.69 Å². The van der Waals surface area contributed by atoms with E-state index in [4.69, 9.17) is 4.74 Å². The molecule has 0 amide bonds. The van der Waals surface area contributed by atoms with Crippen LogP contribution in [-0.4, -0.2) is 37.1 Å². The number of aliphatic hydroxyl groups excluding tert-OH is 1. The van der Waals surface area contributed by atoms with Gasteiger partial charge in [-0.3, -0.25) is 0 Å². The van der Waals surface area contributed by atoms with Gasteiger partial charge in [0.2, 0.25) is 0 Å². The second-order valence-electron chi connectivity index (χ2n) is 4.32. The van der Waals surface area contributed by atoms with Crippen LogP contribution in [0.15, 0.2) is 24.3 Å². The summed E-state index contributed by atoms with van der Waals surface area (Å²) in [5.74, 6) is 0.101. The molecule has 0 saturated heterocycles. The molecular formula is C13H19F2NO3. The molecule has 0 saturated carbocycles. The zero-order valence-electron chi connectivity index (χ0n) is 11.0. The third kappa shape index (κ3) is 6.93. The number of halogens is 2. The predicted octanol–water partition coefficient (Wildman–Crippen LogP) is 2.49. The fourth-order valence-corrected chi connectivity index (χ4v) is 1.35. The summed E-state index contributed by atoms with van der Waals surface area (Å²) in [6.45, 7) is 1.52. The zero-order chi connectivity index (χ0) is 14.3. The van der Waals surface area contributed by atoms with E-state index in [1.54, 1.807) is 12.1 Å². The number of aliphatic hydroxyl groups is 1. The smallest absolute Gasteiger partial charge is 0.387 e. The number of alkyl halides is 2. The highest BCUT2D eigenvalue weighted by atomic mass is 19.3. The van der Waals surface area contributed by atoms with Gasteiger partial charge in [0.25, 0.3) is 0 Å². The minimum Gasteiger partial charge on any atom is -0.435 e. The van der Waals surface area contributed by atoms with E-state index in [0.717, 1.165) is 0 Å². The number of benzene rings is 1. The Morgan fingerprint density at radius 1 is 1.21 bits per heavy atom. The van der Waals surface area contributed by atoms with Gasteiger partial charge in [-0.1, -0.05) is 0 Å². The van der Waals surface area contributed by atoms with Crippen LogP contribution in [0.25, 0.3) is 0 Å². The van der Waals surface area contributed by atoms with Gasteiger partial charge >= 0.3 is 6.61 Å². The minimum absolute atomic E-state index is 0.0698. The standard InChI is InChI=1S/C13H19F2NO3/c1-9(2)18-8-11(17)7-16-10-3-5-12(6-4-10)19-13(14)15/h3-6,9,11,13,16-17H,7-8H2,1-2H3. The Hall–Kier alpha value is -1.40. The van der Waals surface area contributed by atoms with Gasteiger partial charge in [-0.15, -0.1) is 0 Å². The molecule has 0 fully saturated rings. The van der Waals surface area contributed by atoms with Crippen molar-refractivity contribution in [1.29, 1.82) is 0 Å². The third-order valence-corrected chi connectivity index (χ3v) is 2.24. The maximum atomic E-state index is 11.9. The molecule has 108 valence electrons. The van der Waals surface area contributed by atoms with Gasteiger partial charge in [-0.05, 0) is 38.1 Å². The molecule has 1 aromatic rings. The highest BCUT2D eigenvalue weighted by Crippen LogP contribution is 2.17. The summed E-state index contributed by atoms with van der Waals surface area (Å²) in [6.07, 6.45) is -0.556. The summed E-state index contributed by atoms with van der Waals surface area (Å²) in [5, 5.41) is 12.6. The number of nitrogens with one attached hydrogen (secondary N) is 1. The Balaban J connectivity index is 2.33. The second kappa shape index (κ2) is 7.91. The average Bonchev–Trinajstić information content (AvgIpc) is 2.35. The largest absolute Gasteiger partial charge is 0.435 e. The van der Waals surface area contributed by atoms with Gasteiger partial charge in [0.05, 0.1) is 18.8 Å². The second-order valence-corrected chi connectivity index (χ2v) is 4.32. The van der Waals surface area contributed by atoms with Crippen LogP contribution in [0.2, 0.25) is 0 Å². The number of anilines is 1.